The zero-order chi connectivity index (χ0) is 14.5. The van der Waals surface area contributed by atoms with Crippen molar-refractivity contribution in [3.8, 4) is 0 Å². The molecule has 1 N–H and O–H groups in total. The van der Waals surface area contributed by atoms with Crippen molar-refractivity contribution >= 4 is 34.5 Å². The molecule has 0 amide bonds. The summed E-state index contributed by atoms with van der Waals surface area (Å²) in [6.45, 7) is 5.31. The van der Waals surface area contributed by atoms with Crippen LogP contribution in [-0.4, -0.2) is 6.54 Å². The molecule has 0 aliphatic heterocycles. The molecule has 1 aromatic carbocycles. The van der Waals surface area contributed by atoms with Crippen molar-refractivity contribution in [2.75, 3.05) is 6.54 Å². The van der Waals surface area contributed by atoms with Crippen molar-refractivity contribution in [3.63, 3.8) is 0 Å². The normalized spacial score (nSPS) is 12.6. The molecule has 1 aromatic heterocycles. The minimum absolute atomic E-state index is 0.296. The molecule has 0 bridgehead atoms. The maximum atomic E-state index is 6.31. The predicted octanol–water partition coefficient (Wildman–Crippen LogP) is 5.65. The lowest BCUT2D eigenvalue weighted by Gasteiger charge is -2.18. The lowest BCUT2D eigenvalue weighted by Crippen LogP contribution is -2.23. The zero-order valence-corrected chi connectivity index (χ0v) is 14.1. The van der Waals surface area contributed by atoms with Crippen LogP contribution in [0.5, 0.6) is 0 Å². The van der Waals surface area contributed by atoms with Crippen molar-refractivity contribution in [2.45, 2.75) is 32.7 Å². The van der Waals surface area contributed by atoms with E-state index >= 15 is 0 Å². The van der Waals surface area contributed by atoms with Gasteiger partial charge in [0.1, 0.15) is 0 Å². The Labute approximate surface area is 134 Å². The van der Waals surface area contributed by atoms with Gasteiger partial charge in [-0.1, -0.05) is 42.3 Å². The van der Waals surface area contributed by atoms with Gasteiger partial charge < -0.3 is 5.32 Å². The highest BCUT2D eigenvalue weighted by Gasteiger charge is 2.16. The van der Waals surface area contributed by atoms with Gasteiger partial charge in [-0.25, -0.2) is 0 Å². The van der Waals surface area contributed by atoms with E-state index in [0.29, 0.717) is 16.1 Å². The first kappa shape index (κ1) is 15.8. The van der Waals surface area contributed by atoms with Gasteiger partial charge in [0.15, 0.2) is 0 Å². The average molecular weight is 328 g/mol. The Hall–Kier alpha value is -0.540. The van der Waals surface area contributed by atoms with Crippen LogP contribution in [0.15, 0.2) is 30.3 Å². The summed E-state index contributed by atoms with van der Waals surface area (Å²) < 4.78 is 0. The standard InChI is InChI=1S/C16H19Cl2NS/c1-3-9-19-14(15-8-7-11(2)20-15)10-12-5-4-6-13(17)16(12)18/h4-8,14,19H,3,9-10H2,1-2H3. The van der Waals surface area contributed by atoms with Gasteiger partial charge in [-0.05, 0) is 50.1 Å². The molecule has 0 spiro atoms. The summed E-state index contributed by atoms with van der Waals surface area (Å²) in [4.78, 5) is 2.69. The van der Waals surface area contributed by atoms with Crippen LogP contribution in [0.3, 0.4) is 0 Å². The van der Waals surface area contributed by atoms with Gasteiger partial charge in [-0.3, -0.25) is 0 Å². The molecule has 20 heavy (non-hydrogen) atoms. The molecular formula is C16H19Cl2NS. The van der Waals surface area contributed by atoms with Gasteiger partial charge in [0.05, 0.1) is 10.0 Å². The van der Waals surface area contributed by atoms with E-state index in [4.69, 9.17) is 23.2 Å². The van der Waals surface area contributed by atoms with E-state index in [1.54, 1.807) is 0 Å². The summed E-state index contributed by atoms with van der Waals surface area (Å²) >= 11 is 14.2. The molecule has 1 atom stereocenters. The van der Waals surface area contributed by atoms with Gasteiger partial charge in [0, 0.05) is 15.8 Å². The number of rotatable bonds is 6. The lowest BCUT2D eigenvalue weighted by molar-refractivity contribution is 0.536. The number of aryl methyl sites for hydroxylation is 1. The molecule has 0 aliphatic carbocycles. The van der Waals surface area contributed by atoms with Gasteiger partial charge in [0.25, 0.3) is 0 Å². The third kappa shape index (κ3) is 3.98. The molecule has 0 saturated carbocycles. The molecule has 108 valence electrons. The van der Waals surface area contributed by atoms with Crippen LogP contribution < -0.4 is 5.32 Å². The topological polar surface area (TPSA) is 12.0 Å². The summed E-state index contributed by atoms with van der Waals surface area (Å²) in [5.41, 5.74) is 1.10. The van der Waals surface area contributed by atoms with Gasteiger partial charge >= 0.3 is 0 Å². The minimum atomic E-state index is 0.296. The largest absolute Gasteiger partial charge is 0.309 e. The number of nitrogens with one attached hydrogen (secondary N) is 1. The van der Waals surface area contributed by atoms with Crippen LogP contribution in [0.1, 0.15) is 34.7 Å². The van der Waals surface area contributed by atoms with Crippen LogP contribution >= 0.6 is 34.5 Å². The first-order chi connectivity index (χ1) is 9.61. The Balaban J connectivity index is 2.21. The van der Waals surface area contributed by atoms with Crippen molar-refractivity contribution in [2.24, 2.45) is 0 Å². The zero-order valence-electron chi connectivity index (χ0n) is 11.7. The highest BCUT2D eigenvalue weighted by atomic mass is 35.5. The first-order valence-electron chi connectivity index (χ1n) is 6.84. The van der Waals surface area contributed by atoms with Crippen molar-refractivity contribution in [1.29, 1.82) is 0 Å². The van der Waals surface area contributed by atoms with E-state index < -0.39 is 0 Å². The van der Waals surface area contributed by atoms with Gasteiger partial charge in [0.2, 0.25) is 0 Å². The number of halogens is 2. The van der Waals surface area contributed by atoms with Crippen molar-refractivity contribution in [3.05, 3.63) is 55.7 Å². The second kappa shape index (κ2) is 7.46. The Morgan fingerprint density at radius 1 is 1.20 bits per heavy atom. The van der Waals surface area contributed by atoms with Crippen LogP contribution in [0.2, 0.25) is 10.0 Å². The highest BCUT2D eigenvalue weighted by Crippen LogP contribution is 2.31. The highest BCUT2D eigenvalue weighted by molar-refractivity contribution is 7.12. The molecule has 2 aromatic rings. The molecule has 1 unspecified atom stereocenters. The number of hydrogen-bond acceptors (Lipinski definition) is 2. The molecular weight excluding hydrogens is 309 g/mol. The van der Waals surface area contributed by atoms with Crippen LogP contribution in [0.4, 0.5) is 0 Å². The van der Waals surface area contributed by atoms with E-state index in [1.807, 2.05) is 23.5 Å². The summed E-state index contributed by atoms with van der Waals surface area (Å²) in [5, 5.41) is 4.90. The number of benzene rings is 1. The Kier molecular flexibility index (Phi) is 5.91. The summed E-state index contributed by atoms with van der Waals surface area (Å²) in [6, 6.07) is 10.5. The molecule has 2 rings (SSSR count). The van der Waals surface area contributed by atoms with E-state index in [9.17, 15) is 0 Å². The maximum Gasteiger partial charge on any atom is 0.0624 e. The summed E-state index contributed by atoms with van der Waals surface area (Å²) in [6.07, 6.45) is 1.98. The molecule has 1 heterocycles. The van der Waals surface area contributed by atoms with Gasteiger partial charge in [-0.15, -0.1) is 11.3 Å². The Morgan fingerprint density at radius 2 is 2.00 bits per heavy atom. The fourth-order valence-electron chi connectivity index (χ4n) is 2.16. The second-order valence-corrected chi connectivity index (χ2v) is 6.98. The monoisotopic (exact) mass is 327 g/mol. The second-order valence-electron chi connectivity index (χ2n) is 4.87. The van der Waals surface area contributed by atoms with E-state index in [-0.39, 0.29) is 0 Å². The minimum Gasteiger partial charge on any atom is -0.309 e. The third-order valence-corrected chi connectivity index (χ3v) is 5.17. The number of thiophene rings is 1. The van der Waals surface area contributed by atoms with E-state index in [2.05, 4.69) is 37.4 Å². The predicted molar refractivity (Wildman–Crippen MR) is 90.3 cm³/mol. The van der Waals surface area contributed by atoms with Crippen molar-refractivity contribution in [1.82, 2.24) is 5.32 Å². The summed E-state index contributed by atoms with van der Waals surface area (Å²) in [7, 11) is 0. The molecule has 0 aliphatic rings. The van der Waals surface area contributed by atoms with E-state index in [0.717, 1.165) is 24.9 Å². The SMILES string of the molecule is CCCNC(Cc1cccc(Cl)c1Cl)c1ccc(C)s1. The van der Waals surface area contributed by atoms with Crippen LogP contribution in [-0.2, 0) is 6.42 Å². The number of hydrogen-bond donors (Lipinski definition) is 1. The van der Waals surface area contributed by atoms with Gasteiger partial charge in [-0.2, -0.15) is 0 Å². The quantitative estimate of drug-likeness (QED) is 0.723. The Morgan fingerprint density at radius 3 is 2.65 bits per heavy atom. The molecule has 1 nitrogen and oxygen atoms in total. The molecule has 4 heteroatoms. The lowest BCUT2D eigenvalue weighted by atomic mass is 10.0. The molecule has 0 radical (unpaired) electrons. The van der Waals surface area contributed by atoms with Crippen LogP contribution in [0, 0.1) is 6.92 Å². The van der Waals surface area contributed by atoms with Crippen LogP contribution in [0.25, 0.3) is 0 Å². The van der Waals surface area contributed by atoms with E-state index in [1.165, 1.54) is 9.75 Å². The summed E-state index contributed by atoms with van der Waals surface area (Å²) in [5.74, 6) is 0. The molecule has 0 fully saturated rings. The maximum absolute atomic E-state index is 6.31. The first-order valence-corrected chi connectivity index (χ1v) is 8.41. The smallest absolute Gasteiger partial charge is 0.0624 e. The Bertz CT molecular complexity index is 565. The average Bonchev–Trinajstić information content (AvgIpc) is 2.86. The van der Waals surface area contributed by atoms with Crippen molar-refractivity contribution < 1.29 is 0 Å². The third-order valence-electron chi connectivity index (χ3n) is 3.20. The fraction of sp³-hybridized carbons (Fsp3) is 0.375. The fourth-order valence-corrected chi connectivity index (χ4v) is 3.51. The molecule has 0 saturated heterocycles.